The molecule has 124 valence electrons. The maximum atomic E-state index is 12.8. The van der Waals surface area contributed by atoms with Gasteiger partial charge in [-0.1, -0.05) is 12.1 Å². The fraction of sp³-hybridized carbons (Fsp3) is 0.176. The first-order valence-electron chi connectivity index (χ1n) is 7.33. The zero-order valence-electron chi connectivity index (χ0n) is 13.6. The number of anilines is 1. The monoisotopic (exact) mass is 343 g/mol. The second kappa shape index (κ2) is 5.76. The van der Waals surface area contributed by atoms with Crippen LogP contribution in [0.25, 0.3) is 16.6 Å². The molecule has 1 N–H and O–H groups in total. The zero-order valence-corrected chi connectivity index (χ0v) is 14.4. The Balaban J connectivity index is 2.18. The lowest BCUT2D eigenvalue weighted by Gasteiger charge is -2.14. The summed E-state index contributed by atoms with van der Waals surface area (Å²) in [6.45, 7) is 3.55. The third-order valence-electron chi connectivity index (χ3n) is 3.71. The summed E-state index contributed by atoms with van der Waals surface area (Å²) < 4.78 is 26.8. The van der Waals surface area contributed by atoms with E-state index in [1.54, 1.807) is 50.2 Å². The SMILES string of the molecule is Cc1cc(-n2c(C)nc3ccccc3c2=O)ccc1NS(C)(=O)=O. The second-order valence-corrected chi connectivity index (χ2v) is 7.44. The van der Waals surface area contributed by atoms with Gasteiger partial charge in [0.15, 0.2) is 0 Å². The van der Waals surface area contributed by atoms with Crippen molar-refractivity contribution in [1.82, 2.24) is 9.55 Å². The first-order valence-corrected chi connectivity index (χ1v) is 9.22. The van der Waals surface area contributed by atoms with E-state index in [1.807, 2.05) is 6.07 Å². The Morgan fingerprint density at radius 1 is 1.08 bits per heavy atom. The van der Waals surface area contributed by atoms with Crippen molar-refractivity contribution in [1.29, 1.82) is 0 Å². The third-order valence-corrected chi connectivity index (χ3v) is 4.30. The average Bonchev–Trinajstić information content (AvgIpc) is 2.49. The molecule has 0 radical (unpaired) electrons. The number of rotatable bonds is 3. The average molecular weight is 343 g/mol. The van der Waals surface area contributed by atoms with E-state index in [9.17, 15) is 13.2 Å². The van der Waals surface area contributed by atoms with E-state index in [0.717, 1.165) is 11.8 Å². The molecular formula is C17H17N3O3S. The van der Waals surface area contributed by atoms with Crippen molar-refractivity contribution >= 4 is 26.6 Å². The fourth-order valence-electron chi connectivity index (χ4n) is 2.65. The number of benzene rings is 2. The van der Waals surface area contributed by atoms with Gasteiger partial charge in [-0.2, -0.15) is 0 Å². The van der Waals surface area contributed by atoms with Crippen molar-refractivity contribution < 1.29 is 8.42 Å². The van der Waals surface area contributed by atoms with Gasteiger partial charge in [-0.3, -0.25) is 14.1 Å². The molecule has 24 heavy (non-hydrogen) atoms. The molecule has 3 aromatic rings. The predicted molar refractivity (Wildman–Crippen MR) is 95.3 cm³/mol. The van der Waals surface area contributed by atoms with Crippen LogP contribution in [0.1, 0.15) is 11.4 Å². The van der Waals surface area contributed by atoms with Crippen LogP contribution in [-0.4, -0.2) is 24.2 Å². The van der Waals surface area contributed by atoms with Crippen LogP contribution in [0.4, 0.5) is 5.69 Å². The van der Waals surface area contributed by atoms with Crippen LogP contribution in [-0.2, 0) is 10.0 Å². The molecule has 7 heteroatoms. The summed E-state index contributed by atoms with van der Waals surface area (Å²) in [6, 6.07) is 12.3. The Labute approximate surface area is 139 Å². The minimum Gasteiger partial charge on any atom is -0.284 e. The molecule has 0 bridgehead atoms. The number of hydrogen-bond donors (Lipinski definition) is 1. The Kier molecular flexibility index (Phi) is 3.88. The first-order chi connectivity index (χ1) is 11.3. The quantitative estimate of drug-likeness (QED) is 0.792. The summed E-state index contributed by atoms with van der Waals surface area (Å²) in [7, 11) is -3.35. The van der Waals surface area contributed by atoms with Crippen molar-refractivity contribution in [2.75, 3.05) is 11.0 Å². The molecule has 6 nitrogen and oxygen atoms in total. The van der Waals surface area contributed by atoms with Crippen molar-refractivity contribution in [3.05, 3.63) is 64.2 Å². The molecule has 0 unspecified atom stereocenters. The van der Waals surface area contributed by atoms with E-state index in [4.69, 9.17) is 0 Å². The minimum atomic E-state index is -3.35. The van der Waals surface area contributed by atoms with E-state index in [-0.39, 0.29) is 5.56 Å². The molecule has 0 atom stereocenters. The largest absolute Gasteiger partial charge is 0.284 e. The second-order valence-electron chi connectivity index (χ2n) is 5.69. The molecule has 0 spiro atoms. The van der Waals surface area contributed by atoms with Gasteiger partial charge in [-0.15, -0.1) is 0 Å². The van der Waals surface area contributed by atoms with Gasteiger partial charge < -0.3 is 0 Å². The molecule has 3 rings (SSSR count). The van der Waals surface area contributed by atoms with Crippen molar-refractivity contribution in [3.8, 4) is 5.69 Å². The summed E-state index contributed by atoms with van der Waals surface area (Å²) >= 11 is 0. The Bertz CT molecular complexity index is 1100. The van der Waals surface area contributed by atoms with Crippen LogP contribution in [0.15, 0.2) is 47.3 Å². The van der Waals surface area contributed by atoms with Gasteiger partial charge in [-0.25, -0.2) is 13.4 Å². The van der Waals surface area contributed by atoms with Crippen LogP contribution < -0.4 is 10.3 Å². The molecule has 0 aliphatic rings. The predicted octanol–water partition coefficient (Wildman–Crippen LogP) is 2.37. The number of aromatic nitrogens is 2. The lowest BCUT2D eigenvalue weighted by molar-refractivity contribution is 0.606. The summed E-state index contributed by atoms with van der Waals surface area (Å²) in [5.41, 5.74) is 2.36. The van der Waals surface area contributed by atoms with Gasteiger partial charge in [-0.05, 0) is 49.7 Å². The summed E-state index contributed by atoms with van der Waals surface area (Å²) in [5, 5.41) is 0.541. The molecule has 0 fully saturated rings. The lowest BCUT2D eigenvalue weighted by Crippen LogP contribution is -2.22. The standard InChI is InChI=1S/C17H17N3O3S/c1-11-10-13(8-9-15(11)19-24(3,22)23)20-12(2)18-16-7-5-4-6-14(16)17(20)21/h4-10,19H,1-3H3. The number of sulfonamides is 1. The molecule has 0 amide bonds. The smallest absolute Gasteiger partial charge is 0.265 e. The van der Waals surface area contributed by atoms with Crippen molar-refractivity contribution in [2.45, 2.75) is 13.8 Å². The minimum absolute atomic E-state index is 0.152. The van der Waals surface area contributed by atoms with Crippen LogP contribution >= 0.6 is 0 Å². The number of hydrogen-bond acceptors (Lipinski definition) is 4. The van der Waals surface area contributed by atoms with Crippen molar-refractivity contribution in [3.63, 3.8) is 0 Å². The number of para-hydroxylation sites is 1. The van der Waals surface area contributed by atoms with Gasteiger partial charge in [0.05, 0.1) is 28.5 Å². The highest BCUT2D eigenvalue weighted by atomic mass is 32.2. The van der Waals surface area contributed by atoms with Gasteiger partial charge in [0.25, 0.3) is 5.56 Å². The lowest BCUT2D eigenvalue weighted by atomic mass is 10.1. The highest BCUT2D eigenvalue weighted by molar-refractivity contribution is 7.92. The Morgan fingerprint density at radius 2 is 1.79 bits per heavy atom. The first kappa shape index (κ1) is 16.2. The number of fused-ring (bicyclic) bond motifs is 1. The number of nitrogens with one attached hydrogen (secondary N) is 1. The van der Waals surface area contributed by atoms with Gasteiger partial charge in [0, 0.05) is 0 Å². The number of aryl methyl sites for hydroxylation is 2. The maximum Gasteiger partial charge on any atom is 0.265 e. The van der Waals surface area contributed by atoms with Crippen molar-refractivity contribution in [2.24, 2.45) is 0 Å². The fourth-order valence-corrected chi connectivity index (χ4v) is 3.28. The van der Waals surface area contributed by atoms with E-state index in [2.05, 4.69) is 9.71 Å². The molecule has 0 saturated heterocycles. The van der Waals surface area contributed by atoms with Gasteiger partial charge >= 0.3 is 0 Å². The molecule has 0 aliphatic heterocycles. The highest BCUT2D eigenvalue weighted by Crippen LogP contribution is 2.20. The summed E-state index contributed by atoms with van der Waals surface area (Å²) in [4.78, 5) is 17.3. The maximum absolute atomic E-state index is 12.8. The van der Waals surface area contributed by atoms with E-state index in [0.29, 0.717) is 28.1 Å². The molecule has 1 aromatic heterocycles. The normalized spacial score (nSPS) is 11.6. The van der Waals surface area contributed by atoms with Crippen LogP contribution in [0.5, 0.6) is 0 Å². The van der Waals surface area contributed by atoms with E-state index < -0.39 is 10.0 Å². The van der Waals surface area contributed by atoms with E-state index >= 15 is 0 Å². The number of nitrogens with zero attached hydrogens (tertiary/aromatic N) is 2. The van der Waals surface area contributed by atoms with Gasteiger partial charge in [0.1, 0.15) is 5.82 Å². The highest BCUT2D eigenvalue weighted by Gasteiger charge is 2.11. The van der Waals surface area contributed by atoms with Crippen LogP contribution in [0.2, 0.25) is 0 Å². The van der Waals surface area contributed by atoms with Crippen LogP contribution in [0, 0.1) is 13.8 Å². The van der Waals surface area contributed by atoms with Gasteiger partial charge in [0.2, 0.25) is 10.0 Å². The molecule has 0 aliphatic carbocycles. The van der Waals surface area contributed by atoms with Crippen LogP contribution in [0.3, 0.4) is 0 Å². The molecular weight excluding hydrogens is 326 g/mol. The molecule has 0 saturated carbocycles. The summed E-state index contributed by atoms with van der Waals surface area (Å²) in [6.07, 6.45) is 1.10. The molecule has 2 aromatic carbocycles. The zero-order chi connectivity index (χ0) is 17.5. The molecule has 1 heterocycles. The Hall–Kier alpha value is -2.67. The Morgan fingerprint density at radius 3 is 2.46 bits per heavy atom. The van der Waals surface area contributed by atoms with E-state index in [1.165, 1.54) is 4.57 Å². The summed E-state index contributed by atoms with van der Waals surface area (Å²) in [5.74, 6) is 0.571. The topological polar surface area (TPSA) is 81.1 Å². The third kappa shape index (κ3) is 3.03.